The molecule has 0 aromatic heterocycles. The Bertz CT molecular complexity index is 362. The minimum Gasteiger partial charge on any atom is -0.435 e. The van der Waals surface area contributed by atoms with Gasteiger partial charge in [-0.2, -0.15) is 8.78 Å². The lowest BCUT2D eigenvalue weighted by molar-refractivity contribution is -0.116. The summed E-state index contributed by atoms with van der Waals surface area (Å²) in [6.07, 6.45) is 0.320. The quantitative estimate of drug-likeness (QED) is 0.770. The first-order valence-corrected chi connectivity index (χ1v) is 4.53. The van der Waals surface area contributed by atoms with Gasteiger partial charge in [0.15, 0.2) is 0 Å². The summed E-state index contributed by atoms with van der Waals surface area (Å²) in [6, 6.07) is 4.58. The molecule has 4 heteroatoms. The van der Waals surface area contributed by atoms with Crippen molar-refractivity contribution < 1.29 is 18.3 Å². The van der Waals surface area contributed by atoms with Crippen molar-refractivity contribution >= 4 is 5.78 Å². The van der Waals surface area contributed by atoms with Gasteiger partial charge < -0.3 is 4.74 Å². The van der Waals surface area contributed by atoms with Crippen LogP contribution in [0.15, 0.2) is 18.2 Å². The standard InChI is InChI=1S/C11H12F2O2/c1-7-5-10(15-11(12)13)4-3-9(7)6-8(2)14/h3-5,11H,6H2,1-2H3. The van der Waals surface area contributed by atoms with Crippen molar-refractivity contribution in [3.8, 4) is 5.75 Å². The second kappa shape index (κ2) is 4.87. The van der Waals surface area contributed by atoms with Gasteiger partial charge in [0.05, 0.1) is 0 Å². The molecule has 1 aromatic rings. The van der Waals surface area contributed by atoms with Gasteiger partial charge in [0.25, 0.3) is 0 Å². The summed E-state index contributed by atoms with van der Waals surface area (Å²) in [6.45, 7) is 0.433. The maximum Gasteiger partial charge on any atom is 0.387 e. The number of alkyl halides is 2. The van der Waals surface area contributed by atoms with Crippen molar-refractivity contribution in [2.45, 2.75) is 26.9 Å². The number of ketones is 1. The summed E-state index contributed by atoms with van der Waals surface area (Å²) in [5, 5.41) is 0. The molecule has 0 amide bonds. The van der Waals surface area contributed by atoms with Crippen LogP contribution in [0.25, 0.3) is 0 Å². The maximum absolute atomic E-state index is 11.9. The Morgan fingerprint density at radius 1 is 1.47 bits per heavy atom. The molecule has 1 rings (SSSR count). The average molecular weight is 214 g/mol. The monoisotopic (exact) mass is 214 g/mol. The second-order valence-corrected chi connectivity index (χ2v) is 3.35. The van der Waals surface area contributed by atoms with Crippen LogP contribution < -0.4 is 4.74 Å². The molecule has 0 bridgehead atoms. The zero-order valence-electron chi connectivity index (χ0n) is 8.59. The van der Waals surface area contributed by atoms with Gasteiger partial charge in [0.1, 0.15) is 11.5 Å². The summed E-state index contributed by atoms with van der Waals surface area (Å²) < 4.78 is 28.0. The van der Waals surface area contributed by atoms with Crippen LogP contribution in [-0.2, 0) is 11.2 Å². The van der Waals surface area contributed by atoms with Gasteiger partial charge in [0, 0.05) is 6.42 Å². The highest BCUT2D eigenvalue weighted by Crippen LogP contribution is 2.19. The first kappa shape index (κ1) is 11.6. The first-order chi connectivity index (χ1) is 6.99. The number of ether oxygens (including phenoxy) is 1. The number of carbonyl (C=O) groups excluding carboxylic acids is 1. The number of aryl methyl sites for hydroxylation is 1. The van der Waals surface area contributed by atoms with Crippen LogP contribution in [0.4, 0.5) is 8.78 Å². The summed E-state index contributed by atoms with van der Waals surface area (Å²) in [7, 11) is 0. The van der Waals surface area contributed by atoms with Crippen molar-refractivity contribution in [3.05, 3.63) is 29.3 Å². The van der Waals surface area contributed by atoms with Crippen LogP contribution in [-0.4, -0.2) is 12.4 Å². The lowest BCUT2D eigenvalue weighted by Gasteiger charge is -2.08. The van der Waals surface area contributed by atoms with E-state index in [1.165, 1.54) is 19.1 Å². The van der Waals surface area contributed by atoms with Gasteiger partial charge in [-0.15, -0.1) is 0 Å². The van der Waals surface area contributed by atoms with Gasteiger partial charge in [-0.05, 0) is 37.1 Å². The highest BCUT2D eigenvalue weighted by Gasteiger charge is 2.07. The van der Waals surface area contributed by atoms with Crippen LogP contribution in [0.2, 0.25) is 0 Å². The molecule has 0 fully saturated rings. The Morgan fingerprint density at radius 2 is 2.13 bits per heavy atom. The van der Waals surface area contributed by atoms with E-state index in [4.69, 9.17) is 0 Å². The van der Waals surface area contributed by atoms with E-state index in [1.807, 2.05) is 0 Å². The molecule has 0 unspecified atom stereocenters. The minimum atomic E-state index is -2.82. The van der Waals surface area contributed by atoms with Gasteiger partial charge in [0.2, 0.25) is 0 Å². The average Bonchev–Trinajstić information content (AvgIpc) is 2.08. The number of Topliss-reactive ketones (excluding diaryl/α,β-unsaturated/α-hetero) is 1. The van der Waals surface area contributed by atoms with Crippen LogP contribution >= 0.6 is 0 Å². The molecule has 1 aromatic carbocycles. The Morgan fingerprint density at radius 3 is 2.60 bits per heavy atom. The molecule has 0 aliphatic rings. The molecule has 82 valence electrons. The molecule has 0 aliphatic heterocycles. The third-order valence-electron chi connectivity index (χ3n) is 1.98. The molecular formula is C11H12F2O2. The van der Waals surface area contributed by atoms with E-state index in [1.54, 1.807) is 13.0 Å². The molecule has 2 nitrogen and oxygen atoms in total. The zero-order chi connectivity index (χ0) is 11.4. The van der Waals surface area contributed by atoms with Crippen LogP contribution in [0, 0.1) is 6.92 Å². The Labute approximate surface area is 86.9 Å². The summed E-state index contributed by atoms with van der Waals surface area (Å²) in [4.78, 5) is 10.9. The Balaban J connectivity index is 2.83. The zero-order valence-corrected chi connectivity index (χ0v) is 8.59. The summed E-state index contributed by atoms with van der Waals surface area (Å²) in [5.41, 5.74) is 1.62. The van der Waals surface area contributed by atoms with Crippen LogP contribution in [0.1, 0.15) is 18.1 Å². The highest BCUT2D eigenvalue weighted by molar-refractivity contribution is 5.78. The van der Waals surface area contributed by atoms with Crippen molar-refractivity contribution in [2.75, 3.05) is 0 Å². The molecule has 0 atom stereocenters. The number of benzene rings is 1. The third kappa shape index (κ3) is 3.65. The predicted molar refractivity (Wildman–Crippen MR) is 52.2 cm³/mol. The first-order valence-electron chi connectivity index (χ1n) is 4.53. The van der Waals surface area contributed by atoms with Gasteiger partial charge in [-0.1, -0.05) is 6.07 Å². The number of hydrogen-bond donors (Lipinski definition) is 0. The highest BCUT2D eigenvalue weighted by atomic mass is 19.3. The van der Waals surface area contributed by atoms with Gasteiger partial charge in [-0.3, -0.25) is 4.79 Å². The van der Waals surface area contributed by atoms with Crippen molar-refractivity contribution in [3.63, 3.8) is 0 Å². The SMILES string of the molecule is CC(=O)Cc1ccc(OC(F)F)cc1C. The fraction of sp³-hybridized carbons (Fsp3) is 0.364. The molecule has 0 spiro atoms. The Kier molecular flexibility index (Phi) is 3.77. The molecule has 0 saturated heterocycles. The topological polar surface area (TPSA) is 26.3 Å². The van der Waals surface area contributed by atoms with E-state index in [0.717, 1.165) is 11.1 Å². The fourth-order valence-corrected chi connectivity index (χ4v) is 1.31. The number of halogens is 2. The fourth-order valence-electron chi connectivity index (χ4n) is 1.31. The number of rotatable bonds is 4. The van der Waals surface area contributed by atoms with Crippen LogP contribution in [0.3, 0.4) is 0 Å². The normalized spacial score (nSPS) is 10.5. The van der Waals surface area contributed by atoms with Gasteiger partial charge >= 0.3 is 6.61 Å². The van der Waals surface area contributed by atoms with Crippen molar-refractivity contribution in [1.82, 2.24) is 0 Å². The number of hydrogen-bond acceptors (Lipinski definition) is 2. The van der Waals surface area contributed by atoms with E-state index < -0.39 is 6.61 Å². The molecular weight excluding hydrogens is 202 g/mol. The van der Waals surface area contributed by atoms with E-state index in [9.17, 15) is 13.6 Å². The smallest absolute Gasteiger partial charge is 0.387 e. The molecule has 0 N–H and O–H groups in total. The lowest BCUT2D eigenvalue weighted by Crippen LogP contribution is -2.03. The molecule has 0 aliphatic carbocycles. The molecule has 0 radical (unpaired) electrons. The second-order valence-electron chi connectivity index (χ2n) is 3.35. The van der Waals surface area contributed by atoms with Gasteiger partial charge in [-0.25, -0.2) is 0 Å². The van der Waals surface area contributed by atoms with E-state index >= 15 is 0 Å². The summed E-state index contributed by atoms with van der Waals surface area (Å²) in [5.74, 6) is 0.162. The lowest BCUT2D eigenvalue weighted by atomic mass is 10.0. The predicted octanol–water partition coefficient (Wildman–Crippen LogP) is 2.73. The number of carbonyl (C=O) groups is 1. The van der Waals surface area contributed by atoms with Crippen molar-refractivity contribution in [1.29, 1.82) is 0 Å². The van der Waals surface area contributed by atoms with E-state index in [0.29, 0.717) is 6.42 Å². The largest absolute Gasteiger partial charge is 0.435 e. The maximum atomic E-state index is 11.9. The third-order valence-corrected chi connectivity index (χ3v) is 1.98. The van der Waals surface area contributed by atoms with Crippen LogP contribution in [0.5, 0.6) is 5.75 Å². The minimum absolute atomic E-state index is 0.0422. The summed E-state index contributed by atoms with van der Waals surface area (Å²) >= 11 is 0. The molecule has 0 heterocycles. The van der Waals surface area contributed by atoms with E-state index in [2.05, 4.69) is 4.74 Å². The molecule has 0 saturated carbocycles. The Hall–Kier alpha value is -1.45. The van der Waals surface area contributed by atoms with Crippen molar-refractivity contribution in [2.24, 2.45) is 0 Å². The molecule has 15 heavy (non-hydrogen) atoms. The van der Waals surface area contributed by atoms with E-state index in [-0.39, 0.29) is 11.5 Å².